The van der Waals surface area contributed by atoms with Crippen molar-refractivity contribution in [3.63, 3.8) is 0 Å². The predicted molar refractivity (Wildman–Crippen MR) is 76.8 cm³/mol. The van der Waals surface area contributed by atoms with Gasteiger partial charge in [0.05, 0.1) is 0 Å². The lowest BCUT2D eigenvalue weighted by Crippen LogP contribution is -2.53. The summed E-state index contributed by atoms with van der Waals surface area (Å²) in [5.74, 6) is -0.289. The molecule has 1 aliphatic rings. The molecule has 5 nitrogen and oxygen atoms in total. The number of likely N-dealkylation sites (N-methyl/N-ethyl adjacent to an activating group) is 1. The summed E-state index contributed by atoms with van der Waals surface area (Å²) in [4.78, 5) is 26.1. The van der Waals surface area contributed by atoms with Crippen LogP contribution in [-0.2, 0) is 9.59 Å². The van der Waals surface area contributed by atoms with Gasteiger partial charge in [-0.05, 0) is 24.8 Å². The van der Waals surface area contributed by atoms with Crippen LogP contribution in [0.4, 0.5) is 0 Å². The molecule has 0 saturated carbocycles. The SMILES string of the molecule is CNC(=O)C1CCCCN1C(=O)[C@H](N)c1ccccc1. The maximum atomic E-state index is 12.6. The molecular weight excluding hydrogens is 254 g/mol. The number of carbonyl (C=O) groups excluding carboxylic acids is 2. The third-order valence-electron chi connectivity index (χ3n) is 3.76. The zero-order valence-electron chi connectivity index (χ0n) is 11.7. The predicted octanol–water partition coefficient (Wildman–Crippen LogP) is 0.814. The van der Waals surface area contributed by atoms with Gasteiger partial charge in [0.15, 0.2) is 0 Å². The maximum absolute atomic E-state index is 12.6. The molecule has 0 aromatic heterocycles. The van der Waals surface area contributed by atoms with Crippen molar-refractivity contribution in [3.05, 3.63) is 35.9 Å². The van der Waals surface area contributed by atoms with Crippen LogP contribution >= 0.6 is 0 Å². The second-order valence-corrected chi connectivity index (χ2v) is 5.05. The minimum Gasteiger partial charge on any atom is -0.357 e. The summed E-state index contributed by atoms with van der Waals surface area (Å²) in [5.41, 5.74) is 6.83. The summed E-state index contributed by atoms with van der Waals surface area (Å²) < 4.78 is 0. The van der Waals surface area contributed by atoms with E-state index >= 15 is 0 Å². The monoisotopic (exact) mass is 275 g/mol. The Kier molecular flexibility index (Phi) is 4.74. The molecule has 1 unspecified atom stereocenters. The molecule has 0 aliphatic carbocycles. The molecule has 1 aromatic rings. The molecule has 3 N–H and O–H groups in total. The van der Waals surface area contributed by atoms with Gasteiger partial charge in [-0.25, -0.2) is 0 Å². The van der Waals surface area contributed by atoms with Crippen molar-refractivity contribution in [1.29, 1.82) is 0 Å². The van der Waals surface area contributed by atoms with Gasteiger partial charge in [0, 0.05) is 13.6 Å². The molecule has 1 aromatic carbocycles. The molecule has 1 heterocycles. The van der Waals surface area contributed by atoms with Gasteiger partial charge in [0.2, 0.25) is 11.8 Å². The fraction of sp³-hybridized carbons (Fsp3) is 0.467. The second-order valence-electron chi connectivity index (χ2n) is 5.05. The molecule has 2 atom stereocenters. The summed E-state index contributed by atoms with van der Waals surface area (Å²) in [6.45, 7) is 0.595. The van der Waals surface area contributed by atoms with Gasteiger partial charge in [0.25, 0.3) is 0 Å². The minimum absolute atomic E-state index is 0.113. The minimum atomic E-state index is -0.707. The van der Waals surface area contributed by atoms with Crippen LogP contribution in [0.1, 0.15) is 30.9 Å². The van der Waals surface area contributed by atoms with Gasteiger partial charge in [0.1, 0.15) is 12.1 Å². The van der Waals surface area contributed by atoms with E-state index in [-0.39, 0.29) is 11.8 Å². The molecule has 1 fully saturated rings. The Bertz CT molecular complexity index is 475. The van der Waals surface area contributed by atoms with Gasteiger partial charge < -0.3 is 16.0 Å². The quantitative estimate of drug-likeness (QED) is 0.857. The largest absolute Gasteiger partial charge is 0.357 e. The molecule has 1 aliphatic heterocycles. The van der Waals surface area contributed by atoms with Crippen LogP contribution in [0.3, 0.4) is 0 Å². The van der Waals surface area contributed by atoms with Crippen molar-refractivity contribution >= 4 is 11.8 Å². The Morgan fingerprint density at radius 1 is 1.30 bits per heavy atom. The number of likely N-dealkylation sites (tertiary alicyclic amines) is 1. The first-order valence-electron chi connectivity index (χ1n) is 6.97. The van der Waals surface area contributed by atoms with E-state index in [0.29, 0.717) is 13.0 Å². The number of benzene rings is 1. The Morgan fingerprint density at radius 3 is 2.65 bits per heavy atom. The number of rotatable bonds is 3. The van der Waals surface area contributed by atoms with Crippen molar-refractivity contribution in [3.8, 4) is 0 Å². The van der Waals surface area contributed by atoms with E-state index in [1.807, 2.05) is 30.3 Å². The van der Waals surface area contributed by atoms with E-state index in [1.165, 1.54) is 0 Å². The van der Waals surface area contributed by atoms with Crippen molar-refractivity contribution in [2.75, 3.05) is 13.6 Å². The van der Waals surface area contributed by atoms with Gasteiger partial charge in [-0.1, -0.05) is 30.3 Å². The van der Waals surface area contributed by atoms with E-state index in [0.717, 1.165) is 18.4 Å². The Labute approximate surface area is 119 Å². The smallest absolute Gasteiger partial charge is 0.244 e. The standard InChI is InChI=1S/C15H21N3O2/c1-17-14(19)12-9-5-6-10-18(12)15(20)13(16)11-7-3-2-4-8-11/h2-4,7-8,12-13H,5-6,9-10,16H2,1H3,(H,17,19)/t12?,13-/m1/s1. The van der Waals surface area contributed by atoms with Crippen LogP contribution in [0, 0.1) is 0 Å². The molecule has 0 bridgehead atoms. The van der Waals surface area contributed by atoms with E-state index in [1.54, 1.807) is 11.9 Å². The molecule has 1 saturated heterocycles. The number of amides is 2. The average molecular weight is 275 g/mol. The topological polar surface area (TPSA) is 75.4 Å². The highest BCUT2D eigenvalue weighted by Gasteiger charge is 2.34. The lowest BCUT2D eigenvalue weighted by Gasteiger charge is -2.36. The van der Waals surface area contributed by atoms with Crippen molar-refractivity contribution in [1.82, 2.24) is 10.2 Å². The highest BCUT2D eigenvalue weighted by molar-refractivity contribution is 5.90. The highest BCUT2D eigenvalue weighted by Crippen LogP contribution is 2.21. The van der Waals surface area contributed by atoms with Gasteiger partial charge in [-0.2, -0.15) is 0 Å². The first kappa shape index (κ1) is 14.5. The van der Waals surface area contributed by atoms with Crippen molar-refractivity contribution in [2.24, 2.45) is 5.73 Å². The first-order chi connectivity index (χ1) is 9.65. The zero-order chi connectivity index (χ0) is 14.5. The lowest BCUT2D eigenvalue weighted by molar-refractivity contribution is -0.143. The third kappa shape index (κ3) is 2.99. The maximum Gasteiger partial charge on any atom is 0.244 e. The highest BCUT2D eigenvalue weighted by atomic mass is 16.2. The lowest BCUT2D eigenvalue weighted by atomic mass is 9.98. The number of nitrogens with zero attached hydrogens (tertiary/aromatic N) is 1. The molecule has 0 radical (unpaired) electrons. The molecule has 2 amide bonds. The summed E-state index contributed by atoms with van der Waals surface area (Å²) in [7, 11) is 1.59. The van der Waals surface area contributed by atoms with Gasteiger partial charge >= 0.3 is 0 Å². The average Bonchev–Trinajstić information content (AvgIpc) is 2.53. The summed E-state index contributed by atoms with van der Waals surface area (Å²) in [5, 5.41) is 2.62. The second kappa shape index (κ2) is 6.52. The fourth-order valence-electron chi connectivity index (χ4n) is 2.62. The van der Waals surface area contributed by atoms with E-state index < -0.39 is 12.1 Å². The van der Waals surface area contributed by atoms with E-state index in [4.69, 9.17) is 5.73 Å². The Hall–Kier alpha value is -1.88. The van der Waals surface area contributed by atoms with Crippen LogP contribution in [0.5, 0.6) is 0 Å². The van der Waals surface area contributed by atoms with Crippen LogP contribution in [0.15, 0.2) is 30.3 Å². The number of carbonyl (C=O) groups is 2. The molecule has 2 rings (SSSR count). The number of nitrogens with one attached hydrogen (secondary N) is 1. The number of nitrogens with two attached hydrogens (primary N) is 1. The third-order valence-corrected chi connectivity index (χ3v) is 3.76. The molecule has 108 valence electrons. The van der Waals surface area contributed by atoms with Crippen molar-refractivity contribution < 1.29 is 9.59 Å². The Morgan fingerprint density at radius 2 is 2.00 bits per heavy atom. The first-order valence-corrected chi connectivity index (χ1v) is 6.97. The molecule has 5 heteroatoms. The van der Waals surface area contributed by atoms with Crippen molar-refractivity contribution in [2.45, 2.75) is 31.3 Å². The van der Waals surface area contributed by atoms with Gasteiger partial charge in [-0.15, -0.1) is 0 Å². The Balaban J connectivity index is 2.15. The van der Waals surface area contributed by atoms with Crippen LogP contribution in [-0.4, -0.2) is 36.3 Å². The number of piperidine rings is 1. The zero-order valence-corrected chi connectivity index (χ0v) is 11.7. The van der Waals surface area contributed by atoms with Crippen LogP contribution in [0.2, 0.25) is 0 Å². The number of hydrogen-bond acceptors (Lipinski definition) is 3. The molecule has 0 spiro atoms. The summed E-state index contributed by atoms with van der Waals surface area (Å²) in [6, 6.07) is 8.17. The van der Waals surface area contributed by atoms with Crippen LogP contribution in [0.25, 0.3) is 0 Å². The van der Waals surface area contributed by atoms with E-state index in [9.17, 15) is 9.59 Å². The van der Waals surface area contributed by atoms with Crippen LogP contribution < -0.4 is 11.1 Å². The fourth-order valence-corrected chi connectivity index (χ4v) is 2.62. The van der Waals surface area contributed by atoms with E-state index in [2.05, 4.69) is 5.32 Å². The molecular formula is C15H21N3O2. The van der Waals surface area contributed by atoms with Gasteiger partial charge in [-0.3, -0.25) is 9.59 Å². The summed E-state index contributed by atoms with van der Waals surface area (Å²) in [6.07, 6.45) is 2.58. The molecule has 20 heavy (non-hydrogen) atoms. The summed E-state index contributed by atoms with van der Waals surface area (Å²) >= 11 is 0. The normalized spacial score (nSPS) is 20.3. The number of hydrogen-bond donors (Lipinski definition) is 2.